The molecule has 0 aromatic heterocycles. The van der Waals surface area contributed by atoms with E-state index < -0.39 is 40.4 Å². The minimum Gasteiger partial charge on any atom is -0.506 e. The summed E-state index contributed by atoms with van der Waals surface area (Å²) in [6.45, 7) is 0. The topological polar surface area (TPSA) is 111 Å². The van der Waals surface area contributed by atoms with Crippen LogP contribution < -0.4 is 20.9 Å². The molecule has 204 valence electrons. The summed E-state index contributed by atoms with van der Waals surface area (Å²) < 4.78 is 101. The summed E-state index contributed by atoms with van der Waals surface area (Å²) in [4.78, 5) is 0. The van der Waals surface area contributed by atoms with Crippen LogP contribution >= 0.6 is 0 Å². The molecule has 0 atom stereocenters. The monoisotopic (exact) mass is 550 g/mol. The van der Waals surface area contributed by atoms with E-state index in [2.05, 4.69) is 0 Å². The molecule has 0 unspecified atom stereocenters. The third-order valence-electron chi connectivity index (χ3n) is 5.89. The summed E-state index contributed by atoms with van der Waals surface area (Å²) in [6.07, 6.45) is -11.9. The summed E-state index contributed by atoms with van der Waals surface area (Å²) >= 11 is 0. The Bertz CT molecular complexity index is 1390. The predicted octanol–water partition coefficient (Wildman–Crippen LogP) is 7.26. The van der Waals surface area contributed by atoms with Crippen molar-refractivity contribution in [3.63, 3.8) is 0 Å². The number of ether oxygens (including phenoxy) is 2. The van der Waals surface area contributed by atoms with Crippen molar-refractivity contribution in [2.75, 3.05) is 11.5 Å². The lowest BCUT2D eigenvalue weighted by atomic mass is 9.72. The fraction of sp³-hybridized carbons (Fsp3) is 0.111. The van der Waals surface area contributed by atoms with Crippen LogP contribution in [0.3, 0.4) is 0 Å². The van der Waals surface area contributed by atoms with Gasteiger partial charge in [0.25, 0.3) is 0 Å². The molecule has 0 saturated heterocycles. The average molecular weight is 550 g/mol. The lowest BCUT2D eigenvalue weighted by Crippen LogP contribution is -2.55. The first-order chi connectivity index (χ1) is 18.3. The number of para-hydroxylation sites is 2. The maximum Gasteiger partial charge on any atom is 0.411 e. The first-order valence-electron chi connectivity index (χ1n) is 11.1. The van der Waals surface area contributed by atoms with Gasteiger partial charge in [-0.15, -0.1) is 0 Å². The van der Waals surface area contributed by atoms with Gasteiger partial charge in [-0.2, -0.15) is 26.3 Å². The molecule has 4 rings (SSSR count). The average Bonchev–Trinajstić information content (AvgIpc) is 2.84. The van der Waals surface area contributed by atoms with Crippen molar-refractivity contribution in [2.24, 2.45) is 0 Å². The predicted molar refractivity (Wildman–Crippen MR) is 131 cm³/mol. The molecule has 0 aliphatic rings. The number of phenolic OH excluding ortho intramolecular Hbond substituents is 2. The van der Waals surface area contributed by atoms with Gasteiger partial charge in [0.15, 0.2) is 0 Å². The quantitative estimate of drug-likeness (QED) is 0.114. The van der Waals surface area contributed by atoms with Crippen LogP contribution in [0.1, 0.15) is 11.1 Å². The number of benzene rings is 4. The molecule has 0 fully saturated rings. The molecular weight excluding hydrogens is 530 g/mol. The number of halogens is 6. The fourth-order valence-electron chi connectivity index (χ4n) is 4.09. The van der Waals surface area contributed by atoms with Crippen molar-refractivity contribution in [3.05, 3.63) is 96.1 Å². The number of nitrogens with two attached hydrogens (primary N) is 2. The number of nitrogen functional groups attached to an aromatic ring is 2. The lowest BCUT2D eigenvalue weighted by molar-refractivity contribution is -0.289. The first kappa shape index (κ1) is 27.3. The molecule has 4 aromatic rings. The molecule has 39 heavy (non-hydrogen) atoms. The molecule has 6 nitrogen and oxygen atoms in total. The highest BCUT2D eigenvalue weighted by Gasteiger charge is 2.74. The van der Waals surface area contributed by atoms with E-state index >= 15 is 0 Å². The summed E-state index contributed by atoms with van der Waals surface area (Å²) in [7, 11) is 0. The van der Waals surface area contributed by atoms with Crippen LogP contribution in [-0.2, 0) is 5.41 Å². The van der Waals surface area contributed by atoms with Crippen molar-refractivity contribution in [3.8, 4) is 34.5 Å². The second-order valence-corrected chi connectivity index (χ2v) is 8.38. The molecule has 0 aliphatic carbocycles. The molecule has 4 aromatic carbocycles. The van der Waals surface area contributed by atoms with E-state index in [1.165, 1.54) is 12.1 Å². The number of hydrogen-bond donors (Lipinski definition) is 4. The van der Waals surface area contributed by atoms with Crippen molar-refractivity contribution in [1.29, 1.82) is 0 Å². The van der Waals surface area contributed by atoms with Gasteiger partial charge in [0, 0.05) is 23.3 Å². The van der Waals surface area contributed by atoms with Crippen LogP contribution in [0, 0.1) is 0 Å². The second-order valence-electron chi connectivity index (χ2n) is 8.38. The van der Waals surface area contributed by atoms with E-state index in [1.807, 2.05) is 0 Å². The molecule has 0 heterocycles. The van der Waals surface area contributed by atoms with Crippen molar-refractivity contribution >= 4 is 11.4 Å². The zero-order valence-corrected chi connectivity index (χ0v) is 19.7. The molecule has 0 saturated carbocycles. The van der Waals surface area contributed by atoms with Gasteiger partial charge in [-0.1, -0.05) is 36.4 Å². The molecule has 0 spiro atoms. The Morgan fingerprint density at radius 3 is 1.23 bits per heavy atom. The van der Waals surface area contributed by atoms with Gasteiger partial charge in [-0.05, 0) is 36.4 Å². The molecular formula is C27H20F6N2O4. The zero-order chi connectivity index (χ0) is 28.6. The number of rotatable bonds is 6. The number of aromatic hydroxyl groups is 2. The van der Waals surface area contributed by atoms with E-state index in [0.717, 1.165) is 60.7 Å². The van der Waals surface area contributed by atoms with Gasteiger partial charge in [0.05, 0.1) is 11.4 Å². The summed E-state index contributed by atoms with van der Waals surface area (Å²) in [6, 6.07) is 14.2. The molecule has 0 bridgehead atoms. The Hall–Kier alpha value is -4.74. The normalized spacial score (nSPS) is 12.3. The van der Waals surface area contributed by atoms with E-state index in [1.54, 1.807) is 0 Å². The number of alkyl halides is 6. The largest absolute Gasteiger partial charge is 0.506 e. The first-order valence-corrected chi connectivity index (χ1v) is 11.1. The zero-order valence-electron chi connectivity index (χ0n) is 19.7. The van der Waals surface area contributed by atoms with Crippen LogP contribution in [0.25, 0.3) is 0 Å². The summed E-state index contributed by atoms with van der Waals surface area (Å²) in [5.41, 5.74) is 3.66. The fourth-order valence-corrected chi connectivity index (χ4v) is 4.09. The lowest BCUT2D eigenvalue weighted by Gasteiger charge is -2.39. The van der Waals surface area contributed by atoms with Crippen LogP contribution in [0.15, 0.2) is 84.9 Å². The van der Waals surface area contributed by atoms with E-state index in [4.69, 9.17) is 20.9 Å². The maximum absolute atomic E-state index is 15.0. The van der Waals surface area contributed by atoms with Crippen molar-refractivity contribution in [1.82, 2.24) is 0 Å². The molecule has 0 amide bonds. The molecule has 0 radical (unpaired) electrons. The molecule has 12 heteroatoms. The van der Waals surface area contributed by atoms with E-state index in [9.17, 15) is 36.6 Å². The minimum absolute atomic E-state index is 0.199. The smallest absolute Gasteiger partial charge is 0.411 e. The highest BCUT2D eigenvalue weighted by molar-refractivity contribution is 5.60. The van der Waals surface area contributed by atoms with Gasteiger partial charge in [-0.3, -0.25) is 0 Å². The van der Waals surface area contributed by atoms with E-state index in [-0.39, 0.29) is 34.4 Å². The van der Waals surface area contributed by atoms with E-state index in [0.29, 0.717) is 12.1 Å². The maximum atomic E-state index is 15.0. The van der Waals surface area contributed by atoms with Gasteiger partial charge in [0.2, 0.25) is 5.41 Å². The van der Waals surface area contributed by atoms with Gasteiger partial charge in [-0.25, -0.2) is 0 Å². The van der Waals surface area contributed by atoms with Crippen molar-refractivity contribution < 1.29 is 46.0 Å². The standard InChI is InChI=1S/C27H20F6N2O4/c28-26(29,30)25(27(31,32)33,17-5-1-3-7-23(17)38-15-9-11-21(36)19(34)13-15)18-6-2-4-8-24(18)39-16-10-12-22(37)20(35)14-16/h1-14,36-37H,34-35H2. The highest BCUT2D eigenvalue weighted by atomic mass is 19.4. The number of phenols is 2. The number of anilines is 2. The van der Waals surface area contributed by atoms with Crippen LogP contribution in [0.2, 0.25) is 0 Å². The minimum atomic E-state index is -5.95. The highest BCUT2D eigenvalue weighted by Crippen LogP contribution is 2.60. The Labute approximate surface area is 217 Å². The molecule has 0 aliphatic heterocycles. The molecule has 6 N–H and O–H groups in total. The Morgan fingerprint density at radius 1 is 0.538 bits per heavy atom. The van der Waals surface area contributed by atoms with Gasteiger partial charge >= 0.3 is 12.4 Å². The summed E-state index contributed by atoms with van der Waals surface area (Å²) in [5.74, 6) is -2.64. The summed E-state index contributed by atoms with van der Waals surface area (Å²) in [5, 5.41) is 19.3. The Morgan fingerprint density at radius 2 is 0.897 bits per heavy atom. The Kier molecular flexibility index (Phi) is 6.90. The number of hydrogen-bond acceptors (Lipinski definition) is 6. The van der Waals surface area contributed by atoms with Crippen LogP contribution in [0.5, 0.6) is 34.5 Å². The third-order valence-corrected chi connectivity index (χ3v) is 5.89. The van der Waals surface area contributed by atoms with Gasteiger partial charge < -0.3 is 31.2 Å². The van der Waals surface area contributed by atoms with Crippen LogP contribution in [-0.4, -0.2) is 22.6 Å². The van der Waals surface area contributed by atoms with Crippen molar-refractivity contribution in [2.45, 2.75) is 17.8 Å². The van der Waals surface area contributed by atoms with Crippen LogP contribution in [0.4, 0.5) is 37.7 Å². The van der Waals surface area contributed by atoms with Gasteiger partial charge in [0.1, 0.15) is 34.5 Å². The Balaban J connectivity index is 1.98. The third kappa shape index (κ3) is 4.92. The SMILES string of the molecule is Nc1cc(Oc2ccccc2C(c2ccccc2Oc2ccc(O)c(N)c2)(C(F)(F)F)C(F)(F)F)ccc1O. The second kappa shape index (κ2) is 9.86.